The summed E-state index contributed by atoms with van der Waals surface area (Å²) in [5.41, 5.74) is 5.79. The maximum absolute atomic E-state index is 12.8. The summed E-state index contributed by atoms with van der Waals surface area (Å²) in [4.78, 5) is 24.1. The number of aromatic nitrogens is 2. The van der Waals surface area contributed by atoms with Crippen LogP contribution in [0.3, 0.4) is 0 Å². The Morgan fingerprint density at radius 3 is 2.38 bits per heavy atom. The SMILES string of the molecule is Cc1ccc(-c2cnc(N3CCC[C@H](C(=O)NCc4ccc(C(C)C)cc4)C3)nc2)cc1. The van der Waals surface area contributed by atoms with Crippen LogP contribution in [-0.4, -0.2) is 29.0 Å². The molecule has 5 heteroatoms. The molecule has 0 unspecified atom stereocenters. The fourth-order valence-corrected chi connectivity index (χ4v) is 4.11. The van der Waals surface area contributed by atoms with E-state index in [0.29, 0.717) is 25.0 Å². The van der Waals surface area contributed by atoms with E-state index in [4.69, 9.17) is 0 Å². The van der Waals surface area contributed by atoms with Crippen molar-refractivity contribution in [3.05, 3.63) is 77.6 Å². The van der Waals surface area contributed by atoms with Gasteiger partial charge < -0.3 is 10.2 Å². The molecule has 2 aromatic carbocycles. The van der Waals surface area contributed by atoms with Crippen LogP contribution in [0.5, 0.6) is 0 Å². The van der Waals surface area contributed by atoms with E-state index in [2.05, 4.69) is 89.5 Å². The summed E-state index contributed by atoms with van der Waals surface area (Å²) in [6, 6.07) is 16.9. The lowest BCUT2D eigenvalue weighted by Gasteiger charge is -2.32. The first-order valence-corrected chi connectivity index (χ1v) is 11.5. The van der Waals surface area contributed by atoms with Crippen molar-refractivity contribution < 1.29 is 4.79 Å². The third-order valence-electron chi connectivity index (χ3n) is 6.21. The Labute approximate surface area is 190 Å². The topological polar surface area (TPSA) is 58.1 Å². The van der Waals surface area contributed by atoms with Gasteiger partial charge in [-0.1, -0.05) is 67.9 Å². The Kier molecular flexibility index (Phi) is 6.84. The molecule has 1 atom stereocenters. The van der Waals surface area contributed by atoms with Gasteiger partial charge in [-0.05, 0) is 42.4 Å². The van der Waals surface area contributed by atoms with Gasteiger partial charge in [-0.3, -0.25) is 4.79 Å². The zero-order valence-electron chi connectivity index (χ0n) is 19.2. The first-order valence-electron chi connectivity index (χ1n) is 11.5. The molecule has 1 aromatic heterocycles. The Hall–Kier alpha value is -3.21. The highest BCUT2D eigenvalue weighted by atomic mass is 16.1. The summed E-state index contributed by atoms with van der Waals surface area (Å²) in [5, 5.41) is 3.12. The average Bonchev–Trinajstić information content (AvgIpc) is 2.83. The number of nitrogens with one attached hydrogen (secondary N) is 1. The molecule has 166 valence electrons. The molecule has 5 nitrogen and oxygen atoms in total. The Morgan fingerprint density at radius 2 is 1.72 bits per heavy atom. The summed E-state index contributed by atoms with van der Waals surface area (Å²) in [5.74, 6) is 1.28. The van der Waals surface area contributed by atoms with Crippen molar-refractivity contribution in [3.8, 4) is 11.1 Å². The quantitative estimate of drug-likeness (QED) is 0.593. The van der Waals surface area contributed by atoms with Crippen molar-refractivity contribution in [3.63, 3.8) is 0 Å². The predicted molar refractivity (Wildman–Crippen MR) is 130 cm³/mol. The van der Waals surface area contributed by atoms with Crippen molar-refractivity contribution >= 4 is 11.9 Å². The van der Waals surface area contributed by atoms with Crippen LogP contribution in [0.15, 0.2) is 60.9 Å². The third kappa shape index (κ3) is 5.34. The fourth-order valence-electron chi connectivity index (χ4n) is 4.11. The second-order valence-electron chi connectivity index (χ2n) is 9.04. The lowest BCUT2D eigenvalue weighted by atomic mass is 9.97. The Balaban J connectivity index is 1.34. The number of piperidine rings is 1. The fraction of sp³-hybridized carbons (Fsp3) is 0.370. The van der Waals surface area contributed by atoms with E-state index in [1.54, 1.807) is 0 Å². The minimum Gasteiger partial charge on any atom is -0.352 e. The molecular weight excluding hydrogens is 396 g/mol. The van der Waals surface area contributed by atoms with Gasteiger partial charge in [-0.15, -0.1) is 0 Å². The predicted octanol–water partition coefficient (Wildman–Crippen LogP) is 5.11. The summed E-state index contributed by atoms with van der Waals surface area (Å²) < 4.78 is 0. The van der Waals surface area contributed by atoms with Gasteiger partial charge in [0.25, 0.3) is 0 Å². The van der Waals surface area contributed by atoms with Crippen molar-refractivity contribution in [2.24, 2.45) is 5.92 Å². The van der Waals surface area contributed by atoms with Crippen LogP contribution in [0.2, 0.25) is 0 Å². The largest absolute Gasteiger partial charge is 0.352 e. The molecule has 0 radical (unpaired) electrons. The number of hydrogen-bond donors (Lipinski definition) is 1. The summed E-state index contributed by atoms with van der Waals surface area (Å²) >= 11 is 0. The molecule has 4 rings (SSSR count). The number of hydrogen-bond acceptors (Lipinski definition) is 4. The van der Waals surface area contributed by atoms with Gasteiger partial charge in [0.1, 0.15) is 0 Å². The second-order valence-corrected chi connectivity index (χ2v) is 9.04. The molecule has 1 N–H and O–H groups in total. The molecule has 1 amide bonds. The summed E-state index contributed by atoms with van der Waals surface area (Å²) in [6.07, 6.45) is 5.61. The summed E-state index contributed by atoms with van der Waals surface area (Å²) in [7, 11) is 0. The Morgan fingerprint density at radius 1 is 1.03 bits per heavy atom. The molecule has 32 heavy (non-hydrogen) atoms. The van der Waals surface area contributed by atoms with Gasteiger partial charge >= 0.3 is 0 Å². The highest BCUT2D eigenvalue weighted by Gasteiger charge is 2.27. The monoisotopic (exact) mass is 428 g/mol. The first kappa shape index (κ1) is 22.0. The molecule has 1 aliphatic rings. The van der Waals surface area contributed by atoms with Crippen LogP contribution in [0.1, 0.15) is 49.3 Å². The zero-order valence-corrected chi connectivity index (χ0v) is 19.2. The van der Waals surface area contributed by atoms with Crippen LogP contribution in [-0.2, 0) is 11.3 Å². The van der Waals surface area contributed by atoms with Gasteiger partial charge in [0.05, 0.1) is 5.92 Å². The van der Waals surface area contributed by atoms with Crippen LogP contribution >= 0.6 is 0 Å². The minimum atomic E-state index is -0.0425. The van der Waals surface area contributed by atoms with E-state index in [1.165, 1.54) is 11.1 Å². The highest BCUT2D eigenvalue weighted by Crippen LogP contribution is 2.23. The number of benzene rings is 2. The second kappa shape index (κ2) is 9.94. The number of rotatable bonds is 6. The Bertz CT molecular complexity index is 1030. The van der Waals surface area contributed by atoms with Crippen LogP contribution in [0.4, 0.5) is 5.95 Å². The number of amides is 1. The van der Waals surface area contributed by atoms with Crippen molar-refractivity contribution in [2.75, 3.05) is 18.0 Å². The number of carbonyl (C=O) groups excluding carboxylic acids is 1. The maximum atomic E-state index is 12.8. The molecule has 1 aliphatic heterocycles. The first-order chi connectivity index (χ1) is 15.5. The van der Waals surface area contributed by atoms with Crippen LogP contribution < -0.4 is 10.2 Å². The molecule has 3 aromatic rings. The van der Waals surface area contributed by atoms with Crippen LogP contribution in [0, 0.1) is 12.8 Å². The lowest BCUT2D eigenvalue weighted by Crippen LogP contribution is -2.43. The number of anilines is 1. The van der Waals surface area contributed by atoms with Crippen molar-refractivity contribution in [2.45, 2.75) is 46.1 Å². The van der Waals surface area contributed by atoms with Gasteiger partial charge in [-0.2, -0.15) is 0 Å². The smallest absolute Gasteiger partial charge is 0.225 e. The minimum absolute atomic E-state index is 0.0425. The van der Waals surface area contributed by atoms with E-state index in [1.807, 2.05) is 12.4 Å². The lowest BCUT2D eigenvalue weighted by molar-refractivity contribution is -0.125. The molecule has 0 bridgehead atoms. The van der Waals surface area contributed by atoms with E-state index in [9.17, 15) is 4.79 Å². The number of aryl methyl sites for hydroxylation is 1. The molecule has 0 saturated carbocycles. The van der Waals surface area contributed by atoms with Gasteiger partial charge in [-0.25, -0.2) is 9.97 Å². The zero-order chi connectivity index (χ0) is 22.5. The van der Waals surface area contributed by atoms with Crippen molar-refractivity contribution in [1.29, 1.82) is 0 Å². The third-order valence-corrected chi connectivity index (χ3v) is 6.21. The number of carbonyl (C=O) groups is 1. The van der Waals surface area contributed by atoms with E-state index < -0.39 is 0 Å². The summed E-state index contributed by atoms with van der Waals surface area (Å²) in [6.45, 7) is 8.55. The van der Waals surface area contributed by atoms with E-state index in [0.717, 1.165) is 36.1 Å². The highest BCUT2D eigenvalue weighted by molar-refractivity contribution is 5.79. The maximum Gasteiger partial charge on any atom is 0.225 e. The standard InChI is InChI=1S/C27H32N4O/c1-19(2)22-12-8-21(9-13-22)15-28-26(32)24-5-4-14-31(18-24)27-29-16-25(17-30-27)23-10-6-20(3)7-11-23/h6-13,16-17,19,24H,4-5,14-15,18H2,1-3H3,(H,28,32)/t24-/m0/s1. The molecule has 1 fully saturated rings. The van der Waals surface area contributed by atoms with Gasteiger partial charge in [0.15, 0.2) is 0 Å². The molecule has 0 spiro atoms. The molecular formula is C27H32N4O. The van der Waals surface area contributed by atoms with Gasteiger partial charge in [0.2, 0.25) is 11.9 Å². The number of nitrogens with zero attached hydrogens (tertiary/aromatic N) is 3. The molecule has 0 aliphatic carbocycles. The van der Waals surface area contributed by atoms with E-state index >= 15 is 0 Å². The molecule has 1 saturated heterocycles. The van der Waals surface area contributed by atoms with Gasteiger partial charge in [0, 0.05) is 37.6 Å². The average molecular weight is 429 g/mol. The van der Waals surface area contributed by atoms with Crippen molar-refractivity contribution in [1.82, 2.24) is 15.3 Å². The van der Waals surface area contributed by atoms with Crippen LogP contribution in [0.25, 0.3) is 11.1 Å². The van der Waals surface area contributed by atoms with E-state index in [-0.39, 0.29) is 11.8 Å². The normalized spacial score (nSPS) is 16.2. The molecule has 2 heterocycles.